The summed E-state index contributed by atoms with van der Waals surface area (Å²) in [5.41, 5.74) is 2.85. The Morgan fingerprint density at radius 3 is 2.18 bits per heavy atom. The van der Waals surface area contributed by atoms with Gasteiger partial charge in [-0.2, -0.15) is 0 Å². The molecule has 144 valence electrons. The third-order valence-corrected chi connectivity index (χ3v) is 5.94. The van der Waals surface area contributed by atoms with Crippen LogP contribution in [-0.4, -0.2) is 41.9 Å². The number of carboxylic acid groups (broad SMARTS) is 1. The zero-order valence-corrected chi connectivity index (χ0v) is 15.8. The van der Waals surface area contributed by atoms with Crippen LogP contribution in [0.3, 0.4) is 0 Å². The molecule has 0 unspecified atom stereocenters. The molecule has 0 bridgehead atoms. The maximum absolute atomic E-state index is 12.4. The fraction of sp³-hybridized carbons (Fsp3) is 0.105. The van der Waals surface area contributed by atoms with E-state index < -0.39 is 21.9 Å². The minimum atomic E-state index is -4.28. The second-order valence-electron chi connectivity index (χ2n) is 5.94. The molecule has 0 spiro atoms. The molecule has 0 aliphatic carbocycles. The van der Waals surface area contributed by atoms with Gasteiger partial charge >= 0.3 is 11.9 Å². The summed E-state index contributed by atoms with van der Waals surface area (Å²) in [4.78, 5) is 22.0. The molecule has 0 aliphatic rings. The Bertz CT molecular complexity index is 1130. The number of aliphatic carboxylic acids is 1. The van der Waals surface area contributed by atoms with Crippen LogP contribution in [0, 0.1) is 6.92 Å². The molecule has 3 rings (SSSR count). The molecule has 1 aromatic heterocycles. The van der Waals surface area contributed by atoms with Crippen LogP contribution in [0.4, 0.5) is 0 Å². The van der Waals surface area contributed by atoms with Crippen molar-refractivity contribution in [2.24, 2.45) is 0 Å². The Kier molecular flexibility index (Phi) is 5.02. The highest BCUT2D eigenvalue weighted by molar-refractivity contribution is 7.89. The minimum absolute atomic E-state index is 0.199. The van der Waals surface area contributed by atoms with Gasteiger partial charge in [-0.25, -0.2) is 17.5 Å². The van der Waals surface area contributed by atoms with Crippen LogP contribution in [0.5, 0.6) is 0 Å². The van der Waals surface area contributed by atoms with Crippen LogP contribution in [0.25, 0.3) is 22.4 Å². The van der Waals surface area contributed by atoms with Gasteiger partial charge in [0.25, 0.3) is 10.0 Å². The van der Waals surface area contributed by atoms with E-state index in [9.17, 15) is 18.0 Å². The number of aromatic nitrogens is 1. The van der Waals surface area contributed by atoms with Crippen LogP contribution < -0.4 is 0 Å². The number of hydrogen-bond donors (Lipinski definition) is 1. The number of carboxylic acids is 1. The Labute approximate surface area is 161 Å². The van der Waals surface area contributed by atoms with E-state index in [0.717, 1.165) is 12.6 Å². The Morgan fingerprint density at radius 2 is 1.61 bits per heavy atom. The van der Waals surface area contributed by atoms with E-state index in [1.54, 1.807) is 19.1 Å². The number of likely N-dealkylation sites (N-methyl/N-ethyl adjacent to an activating group) is 1. The zero-order chi connectivity index (χ0) is 20.5. The Balaban J connectivity index is 2.00. The van der Waals surface area contributed by atoms with Gasteiger partial charge in [-0.1, -0.05) is 47.6 Å². The summed E-state index contributed by atoms with van der Waals surface area (Å²) < 4.78 is 30.4. The number of carbonyl (C=O) groups excluding carboxylic acids is 1. The maximum Gasteiger partial charge on any atom is 0.395 e. The highest BCUT2D eigenvalue weighted by atomic mass is 32.2. The molecule has 0 fully saturated rings. The molecular formula is C19H16N2O6S. The molecule has 0 aliphatic heterocycles. The highest BCUT2D eigenvalue weighted by Gasteiger charge is 2.30. The molecule has 0 radical (unpaired) electrons. The van der Waals surface area contributed by atoms with Crippen molar-refractivity contribution in [2.75, 3.05) is 7.05 Å². The highest BCUT2D eigenvalue weighted by Crippen LogP contribution is 2.34. The lowest BCUT2D eigenvalue weighted by atomic mass is 10.00. The molecule has 0 saturated carbocycles. The third-order valence-electron chi connectivity index (χ3n) is 4.18. The van der Waals surface area contributed by atoms with Crippen molar-refractivity contribution in [3.63, 3.8) is 0 Å². The SMILES string of the molecule is Cc1onc(-c2ccccc2)c1-c1ccc(S(=O)(=O)N(C)C(=O)C(=O)O)cc1. The monoisotopic (exact) mass is 400 g/mol. The number of amides is 1. The smallest absolute Gasteiger partial charge is 0.395 e. The summed E-state index contributed by atoms with van der Waals surface area (Å²) >= 11 is 0. The summed E-state index contributed by atoms with van der Waals surface area (Å²) in [5.74, 6) is -2.83. The van der Waals surface area contributed by atoms with Crippen molar-refractivity contribution < 1.29 is 27.6 Å². The quantitative estimate of drug-likeness (QED) is 0.669. The number of benzene rings is 2. The standard InChI is InChI=1S/C19H16N2O6S/c1-12-16(17(20-27-12)14-6-4-3-5-7-14)13-8-10-15(11-9-13)28(25,26)21(2)18(22)19(23)24/h3-11H,1-2H3,(H,23,24). The fourth-order valence-corrected chi connectivity index (χ4v) is 3.79. The van der Waals surface area contributed by atoms with Crippen LogP contribution >= 0.6 is 0 Å². The first-order valence-electron chi connectivity index (χ1n) is 8.12. The molecule has 1 heterocycles. The van der Waals surface area contributed by atoms with Crippen molar-refractivity contribution >= 4 is 21.9 Å². The summed E-state index contributed by atoms with van der Waals surface area (Å²) in [5, 5.41) is 12.8. The molecule has 0 saturated heterocycles. The normalized spacial score (nSPS) is 11.2. The van der Waals surface area contributed by atoms with Gasteiger partial charge in [0.2, 0.25) is 0 Å². The van der Waals surface area contributed by atoms with E-state index in [1.807, 2.05) is 30.3 Å². The van der Waals surface area contributed by atoms with Crippen LogP contribution in [0.15, 0.2) is 64.0 Å². The molecule has 28 heavy (non-hydrogen) atoms. The van der Waals surface area contributed by atoms with E-state index >= 15 is 0 Å². The lowest BCUT2D eigenvalue weighted by Crippen LogP contribution is -2.37. The van der Waals surface area contributed by atoms with Crippen molar-refractivity contribution in [3.05, 3.63) is 60.4 Å². The van der Waals surface area contributed by atoms with Gasteiger partial charge in [0.05, 0.1) is 10.5 Å². The predicted octanol–water partition coefficient (Wildman–Crippen LogP) is 2.55. The topological polar surface area (TPSA) is 118 Å². The van der Waals surface area contributed by atoms with Crippen LogP contribution in [0.1, 0.15) is 5.76 Å². The van der Waals surface area contributed by atoms with Crippen molar-refractivity contribution in [3.8, 4) is 22.4 Å². The van der Waals surface area contributed by atoms with Gasteiger partial charge in [-0.3, -0.25) is 4.79 Å². The minimum Gasteiger partial charge on any atom is -0.474 e. The van der Waals surface area contributed by atoms with E-state index in [1.165, 1.54) is 12.1 Å². The van der Waals surface area contributed by atoms with Crippen molar-refractivity contribution in [1.82, 2.24) is 9.46 Å². The maximum atomic E-state index is 12.4. The molecule has 9 heteroatoms. The van der Waals surface area contributed by atoms with Gasteiger partial charge in [0.15, 0.2) is 0 Å². The fourth-order valence-electron chi connectivity index (χ4n) is 2.70. The predicted molar refractivity (Wildman–Crippen MR) is 99.7 cm³/mol. The van der Waals surface area contributed by atoms with E-state index in [-0.39, 0.29) is 9.20 Å². The molecule has 3 aromatic rings. The Morgan fingerprint density at radius 1 is 1.00 bits per heavy atom. The summed E-state index contributed by atoms with van der Waals surface area (Å²) in [6.07, 6.45) is 0. The third kappa shape index (κ3) is 3.39. The first-order valence-corrected chi connectivity index (χ1v) is 9.56. The number of carbonyl (C=O) groups is 2. The second kappa shape index (κ2) is 7.28. The average molecular weight is 400 g/mol. The molecule has 2 aromatic carbocycles. The first-order chi connectivity index (χ1) is 13.2. The van der Waals surface area contributed by atoms with E-state index in [0.29, 0.717) is 22.6 Å². The van der Waals surface area contributed by atoms with Gasteiger partial charge in [0, 0.05) is 12.6 Å². The summed E-state index contributed by atoms with van der Waals surface area (Å²) in [6, 6.07) is 15.1. The van der Waals surface area contributed by atoms with Gasteiger partial charge in [-0.15, -0.1) is 0 Å². The molecule has 1 N–H and O–H groups in total. The van der Waals surface area contributed by atoms with Crippen molar-refractivity contribution in [1.29, 1.82) is 0 Å². The van der Waals surface area contributed by atoms with Crippen LogP contribution in [-0.2, 0) is 19.6 Å². The number of sulfonamides is 1. The van der Waals surface area contributed by atoms with Gasteiger partial charge in [-0.05, 0) is 24.6 Å². The number of hydrogen-bond acceptors (Lipinski definition) is 6. The molecule has 1 amide bonds. The molecule has 0 atom stereocenters. The lowest BCUT2D eigenvalue weighted by Gasteiger charge is -2.15. The van der Waals surface area contributed by atoms with Crippen LogP contribution in [0.2, 0.25) is 0 Å². The van der Waals surface area contributed by atoms with E-state index in [2.05, 4.69) is 5.16 Å². The summed E-state index contributed by atoms with van der Waals surface area (Å²) in [6.45, 7) is 1.75. The largest absolute Gasteiger partial charge is 0.474 e. The van der Waals surface area contributed by atoms with Gasteiger partial charge in [0.1, 0.15) is 11.5 Å². The number of nitrogens with zero attached hydrogens (tertiary/aromatic N) is 2. The average Bonchev–Trinajstić information content (AvgIpc) is 3.08. The van der Waals surface area contributed by atoms with E-state index in [4.69, 9.17) is 9.63 Å². The molecular weight excluding hydrogens is 384 g/mol. The molecule has 8 nitrogen and oxygen atoms in total. The lowest BCUT2D eigenvalue weighted by molar-refractivity contribution is -0.152. The number of rotatable bonds is 4. The summed E-state index contributed by atoms with van der Waals surface area (Å²) in [7, 11) is -3.38. The second-order valence-corrected chi connectivity index (χ2v) is 7.90. The zero-order valence-electron chi connectivity index (χ0n) is 15.0. The Hall–Kier alpha value is -3.46. The van der Waals surface area contributed by atoms with Gasteiger partial charge < -0.3 is 9.63 Å². The van der Waals surface area contributed by atoms with Crippen molar-refractivity contribution in [2.45, 2.75) is 11.8 Å². The number of aryl methyl sites for hydroxylation is 1. The first kappa shape index (κ1) is 19.3.